The van der Waals surface area contributed by atoms with Crippen molar-refractivity contribution in [1.82, 2.24) is 5.32 Å². The Labute approximate surface area is 115 Å². The van der Waals surface area contributed by atoms with Gasteiger partial charge in [-0.15, -0.1) is 0 Å². The minimum Gasteiger partial charge on any atom is -0.474 e. The average molecular weight is 282 g/mol. The van der Waals surface area contributed by atoms with Gasteiger partial charge in [-0.3, -0.25) is 0 Å². The molecule has 0 aliphatic rings. The van der Waals surface area contributed by atoms with Crippen molar-refractivity contribution < 1.29 is 8.95 Å². The van der Waals surface area contributed by atoms with Crippen LogP contribution < -0.4 is 5.32 Å². The van der Waals surface area contributed by atoms with Crippen molar-refractivity contribution in [2.45, 2.75) is 37.8 Å². The smallest absolute Gasteiger partial charge is 0.180 e. The second-order valence-corrected chi connectivity index (χ2v) is 7.64. The van der Waals surface area contributed by atoms with Crippen LogP contribution in [-0.4, -0.2) is 16.1 Å². The number of hydrogen-bond acceptors (Lipinski definition) is 4. The monoisotopic (exact) mass is 282 g/mol. The molecule has 0 heterocycles. The zero-order valence-corrected chi connectivity index (χ0v) is 12.8. The lowest BCUT2D eigenvalue weighted by molar-refractivity contribution is 0.0410. The summed E-state index contributed by atoms with van der Waals surface area (Å²) in [7, 11) is -2.64. The lowest BCUT2D eigenvalue weighted by Crippen LogP contribution is -2.25. The highest BCUT2D eigenvalue weighted by Gasteiger charge is 2.12. The van der Waals surface area contributed by atoms with Gasteiger partial charge >= 0.3 is 0 Å². The van der Waals surface area contributed by atoms with Crippen LogP contribution in [0.5, 0.6) is 0 Å². The Morgan fingerprint density at radius 3 is 2.32 bits per heavy atom. The van der Waals surface area contributed by atoms with E-state index in [1.165, 1.54) is 6.26 Å². The predicted octanol–water partition coefficient (Wildman–Crippen LogP) is 3.10. The van der Waals surface area contributed by atoms with Gasteiger partial charge in [0.05, 0.1) is 9.73 Å². The minimum absolute atomic E-state index is 0.271. The Morgan fingerprint density at radius 1 is 1.37 bits per heavy atom. The van der Waals surface area contributed by atoms with Crippen molar-refractivity contribution in [2.24, 2.45) is 0 Å². The molecule has 0 saturated carbocycles. The zero-order chi connectivity index (χ0) is 14.7. The summed E-state index contributed by atoms with van der Waals surface area (Å²) in [5.74, 6) is 0.524. The number of rotatable bonds is 5. The van der Waals surface area contributed by atoms with E-state index in [4.69, 9.17) is 9.52 Å². The van der Waals surface area contributed by atoms with E-state index in [2.05, 4.69) is 11.9 Å². The lowest BCUT2D eigenvalue weighted by Gasteiger charge is -2.23. The molecule has 0 spiro atoms. The molecule has 0 radical (unpaired) electrons. The molecule has 0 bridgehead atoms. The molecule has 1 unspecified atom stereocenters. The van der Waals surface area contributed by atoms with E-state index in [0.717, 1.165) is 5.56 Å². The fraction of sp³-hybridized carbons (Fsp3) is 0.429. The summed E-state index contributed by atoms with van der Waals surface area (Å²) in [5, 5.41) is 3.08. The molecular formula is C14H22N2O2S. The first-order valence-electron chi connectivity index (χ1n) is 6.02. The van der Waals surface area contributed by atoms with Gasteiger partial charge in [-0.05, 0) is 45.0 Å². The highest BCUT2D eigenvalue weighted by Crippen LogP contribution is 2.13. The fourth-order valence-corrected chi connectivity index (χ4v) is 2.13. The molecule has 4 nitrogen and oxygen atoms in total. The third-order valence-electron chi connectivity index (χ3n) is 2.29. The molecule has 0 saturated heterocycles. The van der Waals surface area contributed by atoms with Crippen LogP contribution in [0.4, 0.5) is 0 Å². The molecule has 2 N–H and O–H groups in total. The molecule has 0 aliphatic heterocycles. The van der Waals surface area contributed by atoms with E-state index >= 15 is 0 Å². The van der Waals surface area contributed by atoms with Gasteiger partial charge in [0, 0.05) is 17.7 Å². The molecule has 0 amide bonds. The molecule has 5 heteroatoms. The number of hydrogen-bond donors (Lipinski definition) is 2. The number of benzene rings is 1. The summed E-state index contributed by atoms with van der Waals surface area (Å²) in [5.41, 5.74) is 0.749. The molecular weight excluding hydrogens is 260 g/mol. The van der Waals surface area contributed by atoms with Gasteiger partial charge in [0.2, 0.25) is 0 Å². The van der Waals surface area contributed by atoms with E-state index in [-0.39, 0.29) is 5.60 Å². The largest absolute Gasteiger partial charge is 0.474 e. The molecule has 1 rings (SSSR count). The highest BCUT2D eigenvalue weighted by molar-refractivity contribution is 7.91. The summed E-state index contributed by atoms with van der Waals surface area (Å²) in [6.45, 7) is 10.3. The van der Waals surface area contributed by atoms with Gasteiger partial charge in [0.15, 0.2) is 5.88 Å². The van der Waals surface area contributed by atoms with Crippen molar-refractivity contribution >= 4 is 9.73 Å². The van der Waals surface area contributed by atoms with E-state index in [1.54, 1.807) is 12.1 Å². The first kappa shape index (κ1) is 15.6. The van der Waals surface area contributed by atoms with Gasteiger partial charge in [-0.1, -0.05) is 12.1 Å². The van der Waals surface area contributed by atoms with E-state index in [0.29, 0.717) is 17.3 Å². The van der Waals surface area contributed by atoms with Crippen LogP contribution in [0.3, 0.4) is 0 Å². The Bertz CT molecular complexity index is 540. The maximum atomic E-state index is 11.5. The molecule has 19 heavy (non-hydrogen) atoms. The first-order valence-corrected chi connectivity index (χ1v) is 7.99. The van der Waals surface area contributed by atoms with Gasteiger partial charge < -0.3 is 10.1 Å². The van der Waals surface area contributed by atoms with Crippen LogP contribution in [0, 0.1) is 4.78 Å². The van der Waals surface area contributed by atoms with Crippen LogP contribution in [0.15, 0.2) is 41.6 Å². The molecule has 0 fully saturated rings. The lowest BCUT2D eigenvalue weighted by atomic mass is 10.2. The summed E-state index contributed by atoms with van der Waals surface area (Å²) in [4.78, 5) is 0.543. The Kier molecular flexibility index (Phi) is 4.63. The summed E-state index contributed by atoms with van der Waals surface area (Å²) in [6, 6.07) is 7.15. The molecule has 1 atom stereocenters. The topological polar surface area (TPSA) is 62.2 Å². The minimum atomic E-state index is -2.64. The first-order chi connectivity index (χ1) is 8.58. The van der Waals surface area contributed by atoms with Crippen molar-refractivity contribution in [3.63, 3.8) is 0 Å². The quantitative estimate of drug-likeness (QED) is 0.816. The zero-order valence-electron chi connectivity index (χ0n) is 11.9. The average Bonchev–Trinajstić information content (AvgIpc) is 2.23. The molecule has 1 aromatic carbocycles. The summed E-state index contributed by atoms with van der Waals surface area (Å²) >= 11 is 0. The van der Waals surface area contributed by atoms with Crippen molar-refractivity contribution in [3.8, 4) is 0 Å². The predicted molar refractivity (Wildman–Crippen MR) is 78.3 cm³/mol. The van der Waals surface area contributed by atoms with Crippen LogP contribution >= 0.6 is 0 Å². The van der Waals surface area contributed by atoms with Gasteiger partial charge in [0.25, 0.3) is 0 Å². The third kappa shape index (κ3) is 5.79. The fourth-order valence-electron chi connectivity index (χ4n) is 1.47. The van der Waals surface area contributed by atoms with Gasteiger partial charge in [0.1, 0.15) is 5.60 Å². The molecule has 0 aromatic heterocycles. The van der Waals surface area contributed by atoms with Gasteiger partial charge in [-0.2, -0.15) is 0 Å². The summed E-state index contributed by atoms with van der Waals surface area (Å²) < 4.78 is 24.6. The Balaban J connectivity index is 2.58. The van der Waals surface area contributed by atoms with Crippen LogP contribution in [-0.2, 0) is 21.0 Å². The SMILES string of the molecule is C=C(NCc1ccc(S(C)(=N)=O)cc1)OC(C)(C)C. The van der Waals surface area contributed by atoms with Crippen LogP contribution in [0.1, 0.15) is 26.3 Å². The Hall–Kier alpha value is -1.49. The van der Waals surface area contributed by atoms with Crippen molar-refractivity contribution in [1.29, 1.82) is 4.78 Å². The summed E-state index contributed by atoms with van der Waals surface area (Å²) in [6.07, 6.45) is 1.42. The molecule has 106 valence electrons. The Morgan fingerprint density at radius 2 is 1.89 bits per heavy atom. The molecule has 1 aromatic rings. The molecule has 0 aliphatic carbocycles. The maximum absolute atomic E-state index is 11.5. The maximum Gasteiger partial charge on any atom is 0.180 e. The van der Waals surface area contributed by atoms with E-state index < -0.39 is 9.73 Å². The number of nitrogens with one attached hydrogen (secondary N) is 2. The van der Waals surface area contributed by atoms with Crippen molar-refractivity contribution in [3.05, 3.63) is 42.3 Å². The van der Waals surface area contributed by atoms with E-state index in [9.17, 15) is 4.21 Å². The third-order valence-corrected chi connectivity index (χ3v) is 3.46. The van der Waals surface area contributed by atoms with E-state index in [1.807, 2.05) is 32.9 Å². The van der Waals surface area contributed by atoms with Crippen molar-refractivity contribution in [2.75, 3.05) is 6.26 Å². The van der Waals surface area contributed by atoms with Crippen LogP contribution in [0.25, 0.3) is 0 Å². The number of ether oxygens (including phenoxy) is 1. The standard InChI is InChI=1S/C14H22N2O2S/c1-11(18-14(2,3)4)16-10-12-6-8-13(9-7-12)19(5,15)17/h6-9,15-16H,1,10H2,2-5H3. The van der Waals surface area contributed by atoms with Crippen LogP contribution in [0.2, 0.25) is 0 Å². The second-order valence-electron chi connectivity index (χ2n) is 5.48. The second kappa shape index (κ2) is 5.65. The normalized spacial score (nSPS) is 14.5. The van der Waals surface area contributed by atoms with Gasteiger partial charge in [-0.25, -0.2) is 8.99 Å². The highest BCUT2D eigenvalue weighted by atomic mass is 32.2.